The number of hydrogen-bond donors (Lipinski definition) is 2. The molecule has 0 saturated carbocycles. The second-order valence-electron chi connectivity index (χ2n) is 5.55. The third-order valence-corrected chi connectivity index (χ3v) is 4.90. The highest BCUT2D eigenvalue weighted by molar-refractivity contribution is 7.84. The summed E-state index contributed by atoms with van der Waals surface area (Å²) in [6.07, 6.45) is 1.59. The van der Waals surface area contributed by atoms with Crippen molar-refractivity contribution in [2.45, 2.75) is 32.1 Å². The van der Waals surface area contributed by atoms with Crippen LogP contribution in [-0.2, 0) is 10.8 Å². The van der Waals surface area contributed by atoms with E-state index in [0.717, 1.165) is 0 Å². The van der Waals surface area contributed by atoms with Crippen molar-refractivity contribution in [2.75, 3.05) is 12.8 Å². The smallest absolute Gasteiger partial charge is 0.315 e. The molecule has 22 heavy (non-hydrogen) atoms. The lowest BCUT2D eigenvalue weighted by molar-refractivity contribution is 0.233. The number of benzene rings is 1. The van der Waals surface area contributed by atoms with Crippen molar-refractivity contribution < 1.29 is 13.4 Å². The Labute approximate surface area is 138 Å². The average molecular weight is 349 g/mol. The van der Waals surface area contributed by atoms with E-state index >= 15 is 0 Å². The summed E-state index contributed by atoms with van der Waals surface area (Å²) in [4.78, 5) is 12.0. The van der Waals surface area contributed by atoms with E-state index < -0.39 is 28.7 Å². The summed E-state index contributed by atoms with van der Waals surface area (Å²) >= 11 is 5.75. The molecule has 124 valence electrons. The minimum Gasteiger partial charge on any atom is -0.337 e. The van der Waals surface area contributed by atoms with Crippen molar-refractivity contribution in [2.24, 2.45) is 5.92 Å². The van der Waals surface area contributed by atoms with Crippen molar-refractivity contribution >= 4 is 28.4 Å². The third-order valence-electron chi connectivity index (χ3n) is 3.37. The maximum atomic E-state index is 14.0. The molecule has 0 heterocycles. The van der Waals surface area contributed by atoms with Crippen LogP contribution in [0.3, 0.4) is 0 Å². The molecule has 0 spiro atoms. The maximum absolute atomic E-state index is 14.0. The molecule has 3 unspecified atom stereocenters. The molecule has 0 aliphatic rings. The van der Waals surface area contributed by atoms with Crippen molar-refractivity contribution in [1.82, 2.24) is 10.6 Å². The minimum atomic E-state index is -1.01. The predicted octanol–water partition coefficient (Wildman–Crippen LogP) is 3.24. The molecule has 1 aromatic carbocycles. The largest absolute Gasteiger partial charge is 0.337 e. The number of amides is 2. The highest BCUT2D eigenvalue weighted by atomic mass is 35.5. The first-order valence-electron chi connectivity index (χ1n) is 7.04. The molecular weight excluding hydrogens is 327 g/mol. The average Bonchev–Trinajstić information content (AvgIpc) is 2.42. The zero-order chi connectivity index (χ0) is 16.9. The van der Waals surface area contributed by atoms with Gasteiger partial charge in [-0.25, -0.2) is 9.18 Å². The second-order valence-corrected chi connectivity index (χ2v) is 7.79. The number of halogens is 2. The molecule has 0 aliphatic carbocycles. The fourth-order valence-electron chi connectivity index (χ4n) is 1.90. The first-order valence-corrected chi connectivity index (χ1v) is 9.03. The molecule has 0 aromatic heterocycles. The predicted molar refractivity (Wildman–Crippen MR) is 89.1 cm³/mol. The Kier molecular flexibility index (Phi) is 7.29. The van der Waals surface area contributed by atoms with Gasteiger partial charge in [-0.1, -0.05) is 31.5 Å². The highest BCUT2D eigenvalue weighted by Gasteiger charge is 2.22. The third kappa shape index (κ3) is 5.57. The number of carbonyl (C=O) groups is 1. The van der Waals surface area contributed by atoms with Gasteiger partial charge < -0.3 is 10.6 Å². The van der Waals surface area contributed by atoms with E-state index in [4.69, 9.17) is 11.6 Å². The molecule has 0 bridgehead atoms. The molecule has 0 aliphatic heterocycles. The van der Waals surface area contributed by atoms with Crippen molar-refractivity contribution in [3.8, 4) is 0 Å². The molecule has 0 fully saturated rings. The van der Waals surface area contributed by atoms with E-state index in [0.29, 0.717) is 17.1 Å². The van der Waals surface area contributed by atoms with E-state index in [-0.39, 0.29) is 11.2 Å². The summed E-state index contributed by atoms with van der Waals surface area (Å²) < 4.78 is 25.3. The Balaban J connectivity index is 2.76. The lowest BCUT2D eigenvalue weighted by Gasteiger charge is -2.24. The highest BCUT2D eigenvalue weighted by Crippen LogP contribution is 2.26. The molecule has 3 atom stereocenters. The van der Waals surface area contributed by atoms with E-state index in [1.54, 1.807) is 25.3 Å². The summed E-state index contributed by atoms with van der Waals surface area (Å²) in [5.74, 6) is -0.450. The zero-order valence-corrected chi connectivity index (χ0v) is 14.7. The minimum absolute atomic E-state index is 0.000781. The van der Waals surface area contributed by atoms with Crippen LogP contribution in [0.4, 0.5) is 9.18 Å². The Morgan fingerprint density at radius 2 is 2.00 bits per heavy atom. The van der Waals surface area contributed by atoms with Crippen LogP contribution < -0.4 is 10.6 Å². The summed E-state index contributed by atoms with van der Waals surface area (Å²) in [5.41, 5.74) is 0.390. The van der Waals surface area contributed by atoms with Crippen LogP contribution in [0.5, 0.6) is 0 Å². The first-order chi connectivity index (χ1) is 10.2. The fourth-order valence-corrected chi connectivity index (χ4v) is 2.38. The van der Waals surface area contributed by atoms with E-state index in [9.17, 15) is 13.4 Å². The second kappa shape index (κ2) is 8.48. The molecule has 2 N–H and O–H groups in total. The number of urea groups is 1. The number of hydrogen-bond acceptors (Lipinski definition) is 2. The van der Waals surface area contributed by atoms with Crippen LogP contribution in [0.1, 0.15) is 32.4 Å². The van der Waals surface area contributed by atoms with Gasteiger partial charge >= 0.3 is 6.03 Å². The monoisotopic (exact) mass is 348 g/mol. The lowest BCUT2D eigenvalue weighted by Crippen LogP contribution is -2.43. The van der Waals surface area contributed by atoms with E-state index in [1.807, 2.05) is 13.8 Å². The van der Waals surface area contributed by atoms with Crippen LogP contribution in [0.2, 0.25) is 5.02 Å². The lowest BCUT2D eigenvalue weighted by atomic mass is 9.96. The molecule has 1 aromatic rings. The van der Waals surface area contributed by atoms with Gasteiger partial charge in [0.1, 0.15) is 5.82 Å². The molecule has 7 heteroatoms. The fraction of sp³-hybridized carbons (Fsp3) is 0.533. The van der Waals surface area contributed by atoms with Gasteiger partial charge in [0, 0.05) is 39.4 Å². The van der Waals surface area contributed by atoms with Gasteiger partial charge in [0.15, 0.2) is 0 Å². The van der Waals surface area contributed by atoms with Crippen LogP contribution in [0.25, 0.3) is 0 Å². The summed E-state index contributed by atoms with van der Waals surface area (Å²) in [7, 11) is -1.01. The Bertz CT molecular complexity index is 554. The van der Waals surface area contributed by atoms with E-state index in [1.165, 1.54) is 6.07 Å². The molecule has 0 saturated heterocycles. The topological polar surface area (TPSA) is 58.2 Å². The van der Waals surface area contributed by atoms with Gasteiger partial charge in [0.05, 0.1) is 6.04 Å². The Morgan fingerprint density at radius 1 is 1.36 bits per heavy atom. The van der Waals surface area contributed by atoms with Crippen LogP contribution in [0.15, 0.2) is 18.2 Å². The first kappa shape index (κ1) is 18.9. The van der Waals surface area contributed by atoms with Gasteiger partial charge in [-0.2, -0.15) is 0 Å². The maximum Gasteiger partial charge on any atom is 0.315 e. The SMILES string of the molecule is CC(C)C(NC(=O)NCC(C)S(C)=O)c1ccc(Cl)cc1F. The molecular formula is C15H22ClFN2O2S. The van der Waals surface area contributed by atoms with Gasteiger partial charge in [0.25, 0.3) is 0 Å². The van der Waals surface area contributed by atoms with Crippen LogP contribution in [0, 0.1) is 11.7 Å². The van der Waals surface area contributed by atoms with Gasteiger partial charge in [-0.3, -0.25) is 4.21 Å². The standard InChI is InChI=1S/C15H22ClFN2O2S/c1-9(2)14(12-6-5-11(16)7-13(12)17)19-15(20)18-8-10(3)22(4)21/h5-7,9-10,14H,8H2,1-4H3,(H2,18,19,20). The van der Waals surface area contributed by atoms with E-state index in [2.05, 4.69) is 10.6 Å². The van der Waals surface area contributed by atoms with Crippen molar-refractivity contribution in [3.63, 3.8) is 0 Å². The molecule has 0 radical (unpaired) electrons. The zero-order valence-electron chi connectivity index (χ0n) is 13.2. The van der Waals surface area contributed by atoms with Crippen molar-refractivity contribution in [1.29, 1.82) is 0 Å². The van der Waals surface area contributed by atoms with Gasteiger partial charge in [-0.05, 0) is 25.0 Å². The summed E-state index contributed by atoms with van der Waals surface area (Å²) in [5, 5.41) is 5.58. The van der Waals surface area contributed by atoms with Gasteiger partial charge in [-0.15, -0.1) is 0 Å². The molecule has 2 amide bonds. The van der Waals surface area contributed by atoms with Gasteiger partial charge in [0.2, 0.25) is 0 Å². The number of carbonyl (C=O) groups excluding carboxylic acids is 1. The van der Waals surface area contributed by atoms with Crippen molar-refractivity contribution in [3.05, 3.63) is 34.6 Å². The summed E-state index contributed by atoms with van der Waals surface area (Å²) in [6, 6.07) is 3.52. The summed E-state index contributed by atoms with van der Waals surface area (Å²) in [6.45, 7) is 5.86. The number of nitrogens with one attached hydrogen (secondary N) is 2. The Hall–Kier alpha value is -1.14. The Morgan fingerprint density at radius 3 is 2.50 bits per heavy atom. The number of rotatable bonds is 6. The quantitative estimate of drug-likeness (QED) is 0.829. The van der Waals surface area contributed by atoms with Crippen LogP contribution >= 0.6 is 11.6 Å². The van der Waals surface area contributed by atoms with Crippen LogP contribution in [-0.4, -0.2) is 28.3 Å². The molecule has 4 nitrogen and oxygen atoms in total. The molecule has 1 rings (SSSR count). The normalized spacial score (nSPS) is 15.2.